The third-order valence-corrected chi connectivity index (χ3v) is 8.38. The fourth-order valence-electron chi connectivity index (χ4n) is 4.00. The number of aromatic nitrogens is 3. The first kappa shape index (κ1) is 32.9. The van der Waals surface area contributed by atoms with Crippen LogP contribution in [0.5, 0.6) is 0 Å². The van der Waals surface area contributed by atoms with E-state index in [0.717, 1.165) is 23.1 Å². The molecule has 45 heavy (non-hydrogen) atoms. The average molecular weight is 657 g/mol. The molecule has 3 aromatic heterocycles. The number of carbonyl (C=O) groups excluding carboxylic acids is 4. The molecular formula is C28H28N6O9S2. The lowest BCUT2D eigenvalue weighted by Crippen LogP contribution is -2.25. The van der Waals surface area contributed by atoms with E-state index in [1.165, 1.54) is 36.6 Å². The number of benzene rings is 1. The van der Waals surface area contributed by atoms with Gasteiger partial charge in [0.15, 0.2) is 16.7 Å². The first-order valence-electron chi connectivity index (χ1n) is 13.5. The summed E-state index contributed by atoms with van der Waals surface area (Å²) in [6.45, 7) is 6.60. The van der Waals surface area contributed by atoms with Crippen molar-refractivity contribution in [3.8, 4) is 5.69 Å². The normalized spacial score (nSPS) is 11.5. The van der Waals surface area contributed by atoms with Crippen LogP contribution in [0.2, 0.25) is 0 Å². The fraction of sp³-hybridized carbons (Fsp3) is 0.286. The van der Waals surface area contributed by atoms with E-state index in [1.54, 1.807) is 38.3 Å². The molecule has 0 spiro atoms. The van der Waals surface area contributed by atoms with Crippen molar-refractivity contribution in [3.63, 3.8) is 0 Å². The molecule has 0 aliphatic rings. The van der Waals surface area contributed by atoms with Gasteiger partial charge in [-0.3, -0.25) is 24.3 Å². The highest BCUT2D eigenvalue weighted by Gasteiger charge is 2.29. The van der Waals surface area contributed by atoms with Gasteiger partial charge in [-0.15, -0.1) is 21.5 Å². The van der Waals surface area contributed by atoms with Crippen LogP contribution in [0.3, 0.4) is 0 Å². The van der Waals surface area contributed by atoms with Crippen molar-refractivity contribution in [2.24, 2.45) is 0 Å². The van der Waals surface area contributed by atoms with Gasteiger partial charge in [0, 0.05) is 17.8 Å². The van der Waals surface area contributed by atoms with Gasteiger partial charge in [-0.05, 0) is 57.5 Å². The average Bonchev–Trinajstić information content (AvgIpc) is 3.76. The summed E-state index contributed by atoms with van der Waals surface area (Å²) in [4.78, 5) is 61.9. The number of nitro groups is 1. The van der Waals surface area contributed by atoms with E-state index in [-0.39, 0.29) is 57.6 Å². The summed E-state index contributed by atoms with van der Waals surface area (Å²) in [6.07, 6.45) is 1.36. The molecule has 0 saturated heterocycles. The molecule has 2 amide bonds. The van der Waals surface area contributed by atoms with E-state index in [0.29, 0.717) is 11.3 Å². The molecule has 0 aliphatic carbocycles. The Morgan fingerprint density at radius 1 is 1.09 bits per heavy atom. The molecule has 0 radical (unpaired) electrons. The Labute approximate surface area is 264 Å². The van der Waals surface area contributed by atoms with E-state index in [1.807, 2.05) is 0 Å². The zero-order valence-corrected chi connectivity index (χ0v) is 26.2. The number of hydrogen-bond donors (Lipinski definition) is 2. The number of non-ortho nitro benzene ring substituents is 1. The molecule has 0 fully saturated rings. The summed E-state index contributed by atoms with van der Waals surface area (Å²) in [5, 5.41) is 24.5. The zero-order chi connectivity index (χ0) is 32.7. The second kappa shape index (κ2) is 14.6. The molecule has 0 bridgehead atoms. The number of nitro benzene ring substituents is 1. The second-order valence-electron chi connectivity index (χ2n) is 9.12. The topological polar surface area (TPSA) is 198 Å². The van der Waals surface area contributed by atoms with E-state index in [2.05, 4.69) is 20.8 Å². The minimum absolute atomic E-state index is 0.0547. The lowest BCUT2D eigenvalue weighted by Gasteiger charge is -2.14. The molecular weight excluding hydrogens is 628 g/mol. The highest BCUT2D eigenvalue weighted by atomic mass is 32.2. The van der Waals surface area contributed by atoms with Gasteiger partial charge in [0.05, 0.1) is 41.8 Å². The Morgan fingerprint density at radius 3 is 2.40 bits per heavy atom. The van der Waals surface area contributed by atoms with Gasteiger partial charge < -0.3 is 24.5 Å². The minimum atomic E-state index is -0.819. The fourth-order valence-corrected chi connectivity index (χ4v) is 5.97. The summed E-state index contributed by atoms with van der Waals surface area (Å²) < 4.78 is 16.9. The van der Waals surface area contributed by atoms with Crippen LogP contribution in [-0.4, -0.2) is 61.9 Å². The molecule has 236 valence electrons. The van der Waals surface area contributed by atoms with Crippen molar-refractivity contribution in [1.29, 1.82) is 0 Å². The van der Waals surface area contributed by atoms with Gasteiger partial charge in [0.2, 0.25) is 5.91 Å². The Morgan fingerprint density at radius 2 is 1.78 bits per heavy atom. The van der Waals surface area contributed by atoms with Crippen molar-refractivity contribution in [2.45, 2.75) is 44.6 Å². The molecule has 1 atom stereocenters. The van der Waals surface area contributed by atoms with Gasteiger partial charge in [0.1, 0.15) is 9.88 Å². The number of esters is 2. The lowest BCUT2D eigenvalue weighted by atomic mass is 10.1. The molecule has 4 rings (SSSR count). The Bertz CT molecular complexity index is 1710. The number of anilines is 1. The summed E-state index contributed by atoms with van der Waals surface area (Å²) in [6, 6.07) is 8.66. The summed E-state index contributed by atoms with van der Waals surface area (Å²) >= 11 is 1.92. The van der Waals surface area contributed by atoms with E-state index in [4.69, 9.17) is 13.9 Å². The summed E-state index contributed by atoms with van der Waals surface area (Å²) in [7, 11) is 0. The predicted molar refractivity (Wildman–Crippen MR) is 163 cm³/mol. The van der Waals surface area contributed by atoms with E-state index in [9.17, 15) is 29.3 Å². The third kappa shape index (κ3) is 7.55. The molecule has 1 unspecified atom stereocenters. The molecule has 17 heteroatoms. The SMILES string of the molecule is CCOC(=O)c1sc(NC(=O)C(C)Sc2nnc(CNC(=O)c3ccco3)n2-c2ccc([N+](=O)[O-])cc2)c(C(=O)OCC)c1C. The van der Waals surface area contributed by atoms with Gasteiger partial charge in [0.25, 0.3) is 11.6 Å². The monoisotopic (exact) mass is 656 g/mol. The Hall–Kier alpha value is -5.03. The molecule has 1 aromatic carbocycles. The lowest BCUT2D eigenvalue weighted by molar-refractivity contribution is -0.384. The predicted octanol–water partition coefficient (Wildman–Crippen LogP) is 4.54. The van der Waals surface area contributed by atoms with Crippen molar-refractivity contribution in [1.82, 2.24) is 20.1 Å². The molecule has 4 aromatic rings. The Kier molecular flexibility index (Phi) is 10.7. The number of thioether (sulfide) groups is 1. The number of carbonyl (C=O) groups is 4. The standard InChI is InChI=1S/C28H28N6O9S2/c1-5-41-26(37)21-15(3)22(27(38)42-6-2)45-25(21)30-23(35)16(4)44-28-32-31-20(14-29-24(36)19-8-7-13-43-19)33(28)17-9-11-18(12-10-17)34(39)40/h7-13,16H,5-6,14H2,1-4H3,(H,29,36)(H,30,35). The van der Waals surface area contributed by atoms with E-state index < -0.39 is 33.9 Å². The van der Waals surface area contributed by atoms with Crippen LogP contribution in [0.1, 0.15) is 62.7 Å². The zero-order valence-electron chi connectivity index (χ0n) is 24.5. The maximum Gasteiger partial charge on any atom is 0.348 e. The maximum atomic E-state index is 13.4. The second-order valence-corrected chi connectivity index (χ2v) is 11.4. The molecule has 0 aliphatic heterocycles. The van der Waals surface area contributed by atoms with Crippen LogP contribution in [0.4, 0.5) is 10.7 Å². The van der Waals surface area contributed by atoms with Crippen LogP contribution >= 0.6 is 23.1 Å². The number of nitrogens with zero attached hydrogens (tertiary/aromatic N) is 4. The highest BCUT2D eigenvalue weighted by molar-refractivity contribution is 8.00. The molecule has 15 nitrogen and oxygen atoms in total. The number of furan rings is 1. The van der Waals surface area contributed by atoms with Gasteiger partial charge in [-0.2, -0.15) is 0 Å². The maximum absolute atomic E-state index is 13.4. The third-order valence-electron chi connectivity index (χ3n) is 6.15. The number of hydrogen-bond acceptors (Lipinski definition) is 13. The number of rotatable bonds is 13. The summed E-state index contributed by atoms with van der Waals surface area (Å²) in [5.74, 6) is -1.98. The van der Waals surface area contributed by atoms with Crippen molar-refractivity contribution in [3.05, 3.63) is 80.4 Å². The van der Waals surface area contributed by atoms with Gasteiger partial charge >= 0.3 is 11.9 Å². The van der Waals surface area contributed by atoms with Crippen LogP contribution < -0.4 is 10.6 Å². The van der Waals surface area contributed by atoms with Gasteiger partial charge in [-0.1, -0.05) is 11.8 Å². The quantitative estimate of drug-likeness (QED) is 0.0883. The molecule has 0 saturated carbocycles. The van der Waals surface area contributed by atoms with Crippen LogP contribution in [0, 0.1) is 17.0 Å². The summed E-state index contributed by atoms with van der Waals surface area (Å²) in [5.41, 5.74) is 0.693. The van der Waals surface area contributed by atoms with Crippen LogP contribution in [-0.2, 0) is 20.8 Å². The number of nitrogens with one attached hydrogen (secondary N) is 2. The smallest absolute Gasteiger partial charge is 0.348 e. The number of amides is 2. The first-order valence-corrected chi connectivity index (χ1v) is 15.2. The molecule has 2 N–H and O–H groups in total. The van der Waals surface area contributed by atoms with Crippen LogP contribution in [0.25, 0.3) is 5.69 Å². The van der Waals surface area contributed by atoms with Crippen LogP contribution in [0.15, 0.2) is 52.2 Å². The van der Waals surface area contributed by atoms with E-state index >= 15 is 0 Å². The largest absolute Gasteiger partial charge is 0.462 e. The van der Waals surface area contributed by atoms with Crippen molar-refractivity contribution in [2.75, 3.05) is 18.5 Å². The first-order chi connectivity index (χ1) is 21.5. The van der Waals surface area contributed by atoms with Gasteiger partial charge in [-0.25, -0.2) is 9.59 Å². The van der Waals surface area contributed by atoms with Crippen molar-refractivity contribution < 1.29 is 38.0 Å². The highest BCUT2D eigenvalue weighted by Crippen LogP contribution is 2.35. The number of ether oxygens (including phenoxy) is 2. The number of thiophene rings is 1. The minimum Gasteiger partial charge on any atom is -0.462 e. The molecule has 3 heterocycles. The Balaban J connectivity index is 1.60. The van der Waals surface area contributed by atoms with Crippen molar-refractivity contribution >= 4 is 57.5 Å².